The summed E-state index contributed by atoms with van der Waals surface area (Å²) in [6.07, 6.45) is 3.30. The quantitative estimate of drug-likeness (QED) is 0.777. The molecule has 1 atom stereocenters. The molecule has 0 fully saturated rings. The van der Waals surface area contributed by atoms with Crippen molar-refractivity contribution < 1.29 is 4.79 Å². The highest BCUT2D eigenvalue weighted by molar-refractivity contribution is 6.09. The Morgan fingerprint density at radius 1 is 1.12 bits per heavy atom. The number of hydrogen-bond acceptors (Lipinski definition) is 4. The maximum absolute atomic E-state index is 13.2. The normalized spacial score (nSPS) is 16.6. The predicted octanol–water partition coefficient (Wildman–Crippen LogP) is 3.73. The number of para-hydroxylation sites is 2. The van der Waals surface area contributed by atoms with Crippen molar-refractivity contribution in [2.24, 2.45) is 5.92 Å². The fourth-order valence-electron chi connectivity index (χ4n) is 3.19. The zero-order valence-electron chi connectivity index (χ0n) is 14.3. The number of fused-ring (bicyclic) bond motifs is 2. The van der Waals surface area contributed by atoms with Crippen LogP contribution in [0.5, 0.6) is 0 Å². The first-order valence-corrected chi connectivity index (χ1v) is 8.51. The fraction of sp³-hybridized carbons (Fsp3) is 0.250. The second-order valence-corrected chi connectivity index (χ2v) is 6.69. The van der Waals surface area contributed by atoms with E-state index in [1.54, 1.807) is 12.4 Å². The fourth-order valence-corrected chi connectivity index (χ4v) is 3.19. The largest absolute Gasteiger partial charge is 0.379 e. The second kappa shape index (κ2) is 6.16. The van der Waals surface area contributed by atoms with E-state index in [0.717, 1.165) is 22.4 Å². The number of nitrogens with one attached hydrogen (secondary N) is 1. The molecule has 1 amide bonds. The van der Waals surface area contributed by atoms with Crippen LogP contribution in [0.25, 0.3) is 11.0 Å². The molecule has 0 bridgehead atoms. The Hall–Kier alpha value is -2.95. The lowest BCUT2D eigenvalue weighted by Gasteiger charge is -2.37. The van der Waals surface area contributed by atoms with Gasteiger partial charge in [-0.2, -0.15) is 0 Å². The summed E-state index contributed by atoms with van der Waals surface area (Å²) in [5.41, 5.74) is 4.08. The van der Waals surface area contributed by atoms with E-state index in [9.17, 15) is 4.79 Å². The number of nitrogens with zero attached hydrogens (tertiary/aromatic N) is 3. The highest BCUT2D eigenvalue weighted by atomic mass is 16.2. The molecule has 0 unspecified atom stereocenters. The van der Waals surface area contributed by atoms with Gasteiger partial charge in [0.25, 0.3) is 5.91 Å². The zero-order valence-corrected chi connectivity index (χ0v) is 14.3. The maximum Gasteiger partial charge on any atom is 0.258 e. The first kappa shape index (κ1) is 15.6. The van der Waals surface area contributed by atoms with Gasteiger partial charge in [-0.3, -0.25) is 14.8 Å². The molecule has 1 aliphatic heterocycles. The monoisotopic (exact) mass is 332 g/mol. The zero-order chi connectivity index (χ0) is 17.4. The van der Waals surface area contributed by atoms with Crippen LogP contribution < -0.4 is 10.2 Å². The first-order valence-electron chi connectivity index (χ1n) is 8.51. The summed E-state index contributed by atoms with van der Waals surface area (Å²) < 4.78 is 0. The third-order valence-corrected chi connectivity index (χ3v) is 4.68. The van der Waals surface area contributed by atoms with Gasteiger partial charge in [-0.15, -0.1) is 0 Å². The third-order valence-electron chi connectivity index (χ3n) is 4.68. The van der Waals surface area contributed by atoms with Gasteiger partial charge in [-0.25, -0.2) is 0 Å². The lowest BCUT2D eigenvalue weighted by atomic mass is 9.99. The lowest BCUT2D eigenvalue weighted by Crippen LogP contribution is -2.47. The van der Waals surface area contributed by atoms with Crippen LogP contribution in [0, 0.1) is 5.92 Å². The number of rotatable bonds is 2. The van der Waals surface area contributed by atoms with Crippen molar-refractivity contribution in [2.45, 2.75) is 19.9 Å². The number of carbonyl (C=O) groups excluding carboxylic acids is 1. The molecule has 3 aromatic rings. The van der Waals surface area contributed by atoms with Gasteiger partial charge in [0.05, 0.1) is 22.4 Å². The van der Waals surface area contributed by atoms with Gasteiger partial charge in [-0.1, -0.05) is 26.0 Å². The Labute approximate surface area is 146 Å². The minimum Gasteiger partial charge on any atom is -0.379 e. The summed E-state index contributed by atoms with van der Waals surface area (Å²) in [7, 11) is 0. The lowest BCUT2D eigenvalue weighted by molar-refractivity contribution is 0.0984. The molecule has 0 saturated carbocycles. The van der Waals surface area contributed by atoms with Crippen LogP contribution in [0.15, 0.2) is 54.9 Å². The number of amides is 1. The molecule has 0 saturated heterocycles. The van der Waals surface area contributed by atoms with E-state index < -0.39 is 0 Å². The molecular weight excluding hydrogens is 312 g/mol. The second-order valence-electron chi connectivity index (χ2n) is 6.69. The molecule has 1 aliphatic rings. The number of benzene rings is 2. The van der Waals surface area contributed by atoms with Gasteiger partial charge >= 0.3 is 0 Å². The molecule has 5 nitrogen and oxygen atoms in total. The highest BCUT2D eigenvalue weighted by Gasteiger charge is 2.30. The molecule has 2 heterocycles. The summed E-state index contributed by atoms with van der Waals surface area (Å²) in [6.45, 7) is 4.98. The molecule has 1 aromatic heterocycles. The Balaban J connectivity index is 1.74. The molecule has 0 aliphatic carbocycles. The molecule has 0 radical (unpaired) electrons. The summed E-state index contributed by atoms with van der Waals surface area (Å²) >= 11 is 0. The Morgan fingerprint density at radius 3 is 2.68 bits per heavy atom. The van der Waals surface area contributed by atoms with Crippen LogP contribution in [0.4, 0.5) is 11.4 Å². The topological polar surface area (TPSA) is 58.1 Å². The van der Waals surface area contributed by atoms with Crippen LogP contribution in [0.1, 0.15) is 24.2 Å². The third kappa shape index (κ3) is 2.82. The molecule has 126 valence electrons. The van der Waals surface area contributed by atoms with Gasteiger partial charge in [-0.05, 0) is 36.2 Å². The number of anilines is 2. The molecule has 5 heteroatoms. The molecule has 0 spiro atoms. The van der Waals surface area contributed by atoms with Crippen LogP contribution >= 0.6 is 0 Å². The van der Waals surface area contributed by atoms with E-state index in [2.05, 4.69) is 29.1 Å². The molecule has 4 rings (SSSR count). The summed E-state index contributed by atoms with van der Waals surface area (Å²) in [4.78, 5) is 23.7. The number of carbonyl (C=O) groups is 1. The van der Waals surface area contributed by atoms with E-state index in [1.807, 2.05) is 47.4 Å². The van der Waals surface area contributed by atoms with Crippen LogP contribution in [-0.4, -0.2) is 28.5 Å². The van der Waals surface area contributed by atoms with Crippen molar-refractivity contribution in [3.63, 3.8) is 0 Å². The average Bonchev–Trinajstić information content (AvgIpc) is 2.66. The average molecular weight is 332 g/mol. The Morgan fingerprint density at radius 2 is 1.88 bits per heavy atom. The van der Waals surface area contributed by atoms with Gasteiger partial charge < -0.3 is 10.2 Å². The van der Waals surface area contributed by atoms with Crippen molar-refractivity contribution in [2.75, 3.05) is 16.8 Å². The summed E-state index contributed by atoms with van der Waals surface area (Å²) in [6, 6.07) is 13.7. The van der Waals surface area contributed by atoms with E-state index >= 15 is 0 Å². The van der Waals surface area contributed by atoms with Gasteiger partial charge in [0.2, 0.25) is 0 Å². The maximum atomic E-state index is 13.2. The van der Waals surface area contributed by atoms with E-state index in [4.69, 9.17) is 0 Å². The molecular formula is C20H20N4O. The molecule has 25 heavy (non-hydrogen) atoms. The van der Waals surface area contributed by atoms with Crippen molar-refractivity contribution in [1.29, 1.82) is 0 Å². The highest BCUT2D eigenvalue weighted by Crippen LogP contribution is 2.33. The van der Waals surface area contributed by atoms with Crippen LogP contribution in [0.2, 0.25) is 0 Å². The molecule has 2 aromatic carbocycles. The molecule has 1 N–H and O–H groups in total. The number of hydrogen-bond donors (Lipinski definition) is 1. The smallest absolute Gasteiger partial charge is 0.258 e. The van der Waals surface area contributed by atoms with Gasteiger partial charge in [0.15, 0.2) is 0 Å². The SMILES string of the molecule is CC(C)[C@@H]1CN(C(=O)c2ccc3nccnc3c2)c2ccccc2N1. The van der Waals surface area contributed by atoms with Crippen LogP contribution in [0.3, 0.4) is 0 Å². The minimum atomic E-state index is -0.00727. The van der Waals surface area contributed by atoms with Crippen molar-refractivity contribution in [3.05, 3.63) is 60.4 Å². The van der Waals surface area contributed by atoms with Gasteiger partial charge in [0.1, 0.15) is 0 Å². The predicted molar refractivity (Wildman–Crippen MR) is 99.9 cm³/mol. The van der Waals surface area contributed by atoms with Crippen LogP contribution in [-0.2, 0) is 0 Å². The van der Waals surface area contributed by atoms with E-state index in [1.165, 1.54) is 0 Å². The van der Waals surface area contributed by atoms with E-state index in [-0.39, 0.29) is 11.9 Å². The Kier molecular flexibility index (Phi) is 3.84. The standard InChI is InChI=1S/C20H20N4O/c1-13(2)18-12-24(19-6-4-3-5-16(19)23-18)20(25)14-7-8-15-17(11-14)22-10-9-21-15/h3-11,13,18,23H,12H2,1-2H3/t18-/m0/s1. The Bertz CT molecular complexity index is 938. The minimum absolute atomic E-state index is 0.00727. The van der Waals surface area contributed by atoms with Gasteiger partial charge in [0, 0.05) is 30.5 Å². The van der Waals surface area contributed by atoms with Crippen molar-refractivity contribution in [1.82, 2.24) is 9.97 Å². The summed E-state index contributed by atoms with van der Waals surface area (Å²) in [5.74, 6) is 0.415. The van der Waals surface area contributed by atoms with Crippen molar-refractivity contribution >= 4 is 28.3 Å². The number of aromatic nitrogens is 2. The summed E-state index contributed by atoms with van der Waals surface area (Å²) in [5, 5.41) is 3.55. The first-order chi connectivity index (χ1) is 12.1. The van der Waals surface area contributed by atoms with Crippen molar-refractivity contribution in [3.8, 4) is 0 Å². The van der Waals surface area contributed by atoms with E-state index in [0.29, 0.717) is 18.0 Å².